The van der Waals surface area contributed by atoms with Gasteiger partial charge in [-0.15, -0.1) is 0 Å². The van der Waals surface area contributed by atoms with E-state index in [1.165, 1.54) is 18.9 Å². The number of β-amino-alcohol motifs (C(OH)–C–C–N with tert-alkyl or cyclic N) is 1. The lowest BCUT2D eigenvalue weighted by atomic mass is 10.0. The van der Waals surface area contributed by atoms with Crippen LogP contribution < -0.4 is 4.74 Å². The van der Waals surface area contributed by atoms with Crippen LogP contribution in [0.3, 0.4) is 0 Å². The largest absolute Gasteiger partial charge is 0.495 e. The number of nitrogens with zero attached hydrogens (tertiary/aromatic N) is 1. The molecule has 0 saturated carbocycles. The van der Waals surface area contributed by atoms with Crippen LogP contribution in [-0.2, 0) is 20.7 Å². The van der Waals surface area contributed by atoms with Crippen LogP contribution in [0.2, 0.25) is 5.02 Å². The first-order chi connectivity index (χ1) is 12.5. The standard InChI is InChI=1S/C19H26ClNO6/c1-11(22)26-17-14(9-12-6-7-16(25-5)13(20)8-12)21(10-15(17)23)18(24)27-19(2,3)4/h6-8,14-15,17,23H,9-10H2,1-5H3/t14-,15+,17+/m1/s1. The van der Waals surface area contributed by atoms with Crippen molar-refractivity contribution < 1.29 is 28.9 Å². The summed E-state index contributed by atoms with van der Waals surface area (Å²) in [6.07, 6.45) is -2.09. The summed E-state index contributed by atoms with van der Waals surface area (Å²) in [7, 11) is 1.52. The highest BCUT2D eigenvalue weighted by Crippen LogP contribution is 2.30. The third-order valence-electron chi connectivity index (χ3n) is 4.13. The average Bonchev–Trinajstić information content (AvgIpc) is 2.82. The van der Waals surface area contributed by atoms with Gasteiger partial charge in [0.2, 0.25) is 0 Å². The van der Waals surface area contributed by atoms with E-state index in [0.717, 1.165) is 5.56 Å². The van der Waals surface area contributed by atoms with Crippen molar-refractivity contribution in [3.05, 3.63) is 28.8 Å². The van der Waals surface area contributed by atoms with Gasteiger partial charge in [-0.25, -0.2) is 4.79 Å². The molecule has 7 nitrogen and oxygen atoms in total. The Bertz CT molecular complexity index is 702. The third-order valence-corrected chi connectivity index (χ3v) is 4.43. The number of esters is 1. The van der Waals surface area contributed by atoms with E-state index in [-0.39, 0.29) is 6.54 Å². The van der Waals surface area contributed by atoms with Crippen LogP contribution in [-0.4, -0.2) is 59.6 Å². The predicted octanol–water partition coefficient (Wildman–Crippen LogP) is 2.80. The average molecular weight is 400 g/mol. The van der Waals surface area contributed by atoms with Crippen LogP contribution in [0.15, 0.2) is 18.2 Å². The second-order valence-corrected chi connectivity index (χ2v) is 7.92. The molecule has 27 heavy (non-hydrogen) atoms. The van der Waals surface area contributed by atoms with Gasteiger partial charge >= 0.3 is 12.1 Å². The number of aliphatic hydroxyl groups excluding tert-OH is 1. The molecule has 1 aliphatic rings. The molecule has 8 heteroatoms. The number of carbonyl (C=O) groups is 2. The number of hydrogen-bond acceptors (Lipinski definition) is 6. The van der Waals surface area contributed by atoms with Gasteiger partial charge in [-0.2, -0.15) is 0 Å². The normalized spacial score (nSPS) is 22.5. The van der Waals surface area contributed by atoms with E-state index in [2.05, 4.69) is 0 Å². The number of amides is 1. The molecule has 0 bridgehead atoms. The minimum Gasteiger partial charge on any atom is -0.495 e. The Kier molecular flexibility index (Phi) is 6.59. The second kappa shape index (κ2) is 8.35. The van der Waals surface area contributed by atoms with E-state index in [1.807, 2.05) is 6.07 Å². The van der Waals surface area contributed by atoms with E-state index < -0.39 is 35.9 Å². The van der Waals surface area contributed by atoms with Crippen LogP contribution in [0.5, 0.6) is 5.75 Å². The molecule has 1 heterocycles. The van der Waals surface area contributed by atoms with Gasteiger partial charge in [-0.3, -0.25) is 9.69 Å². The number of methoxy groups -OCH3 is 1. The highest BCUT2D eigenvalue weighted by molar-refractivity contribution is 6.32. The van der Waals surface area contributed by atoms with Gasteiger partial charge in [0, 0.05) is 6.92 Å². The fourth-order valence-corrected chi connectivity index (χ4v) is 3.34. The minimum atomic E-state index is -1.000. The van der Waals surface area contributed by atoms with Crippen LogP contribution in [0.25, 0.3) is 0 Å². The van der Waals surface area contributed by atoms with Gasteiger partial charge in [-0.05, 0) is 44.9 Å². The molecule has 2 rings (SSSR count). The third kappa shape index (κ3) is 5.49. The predicted molar refractivity (Wildman–Crippen MR) is 100.0 cm³/mol. The molecule has 1 fully saturated rings. The summed E-state index contributed by atoms with van der Waals surface area (Å²) in [6, 6.07) is 4.68. The molecule has 0 aliphatic carbocycles. The molecule has 0 unspecified atom stereocenters. The van der Waals surface area contributed by atoms with E-state index >= 15 is 0 Å². The van der Waals surface area contributed by atoms with Crippen molar-refractivity contribution in [1.82, 2.24) is 4.90 Å². The maximum Gasteiger partial charge on any atom is 0.410 e. The molecule has 0 radical (unpaired) electrons. The highest BCUT2D eigenvalue weighted by atomic mass is 35.5. The first kappa shape index (κ1) is 21.3. The summed E-state index contributed by atoms with van der Waals surface area (Å²) in [4.78, 5) is 25.5. The Labute approximate surface area is 164 Å². The smallest absolute Gasteiger partial charge is 0.410 e. The number of benzene rings is 1. The first-order valence-corrected chi connectivity index (χ1v) is 9.07. The maximum atomic E-state index is 12.6. The number of carbonyl (C=O) groups excluding carboxylic acids is 2. The van der Waals surface area contributed by atoms with E-state index in [1.54, 1.807) is 32.9 Å². The molecule has 150 valence electrons. The number of hydrogen-bond donors (Lipinski definition) is 1. The van der Waals surface area contributed by atoms with Gasteiger partial charge in [0.15, 0.2) is 0 Å². The quantitative estimate of drug-likeness (QED) is 0.783. The topological polar surface area (TPSA) is 85.3 Å². The van der Waals surface area contributed by atoms with E-state index in [4.69, 9.17) is 25.8 Å². The van der Waals surface area contributed by atoms with Crippen molar-refractivity contribution in [3.8, 4) is 5.75 Å². The van der Waals surface area contributed by atoms with Gasteiger partial charge in [-0.1, -0.05) is 17.7 Å². The number of likely N-dealkylation sites (tertiary alicyclic amines) is 1. The Hall–Kier alpha value is -1.99. The molecular weight excluding hydrogens is 374 g/mol. The lowest BCUT2D eigenvalue weighted by Crippen LogP contribution is -2.45. The monoisotopic (exact) mass is 399 g/mol. The first-order valence-electron chi connectivity index (χ1n) is 8.69. The second-order valence-electron chi connectivity index (χ2n) is 7.51. The summed E-state index contributed by atoms with van der Waals surface area (Å²) < 4.78 is 15.9. The van der Waals surface area contributed by atoms with Crippen molar-refractivity contribution in [1.29, 1.82) is 0 Å². The number of ether oxygens (including phenoxy) is 3. The molecule has 3 atom stereocenters. The maximum absolute atomic E-state index is 12.6. The molecule has 1 N–H and O–H groups in total. The fourth-order valence-electron chi connectivity index (χ4n) is 3.06. The van der Waals surface area contributed by atoms with Gasteiger partial charge in [0.1, 0.15) is 23.6 Å². The lowest BCUT2D eigenvalue weighted by Gasteiger charge is -2.30. The van der Waals surface area contributed by atoms with Crippen molar-refractivity contribution in [2.24, 2.45) is 0 Å². The van der Waals surface area contributed by atoms with Crippen molar-refractivity contribution in [2.75, 3.05) is 13.7 Å². The summed E-state index contributed by atoms with van der Waals surface area (Å²) in [6.45, 7) is 6.57. The number of aliphatic hydroxyl groups is 1. The molecule has 0 aromatic heterocycles. The molecule has 1 amide bonds. The summed E-state index contributed by atoms with van der Waals surface area (Å²) in [5.41, 5.74) is 0.126. The molecule has 1 aromatic carbocycles. The zero-order valence-electron chi connectivity index (χ0n) is 16.2. The van der Waals surface area contributed by atoms with Crippen molar-refractivity contribution in [2.45, 2.75) is 58.0 Å². The summed E-state index contributed by atoms with van der Waals surface area (Å²) in [5.74, 6) is 0.00950. The zero-order valence-corrected chi connectivity index (χ0v) is 16.9. The Balaban J connectivity index is 2.29. The molecule has 1 saturated heterocycles. The Morgan fingerprint density at radius 2 is 2.00 bits per heavy atom. The van der Waals surface area contributed by atoms with Crippen LogP contribution in [0.4, 0.5) is 4.79 Å². The Morgan fingerprint density at radius 3 is 2.52 bits per heavy atom. The molecule has 1 aliphatic heterocycles. The minimum absolute atomic E-state index is 0.0153. The lowest BCUT2D eigenvalue weighted by molar-refractivity contribution is -0.151. The number of halogens is 1. The van der Waals surface area contributed by atoms with Crippen LogP contribution in [0.1, 0.15) is 33.3 Å². The van der Waals surface area contributed by atoms with E-state index in [0.29, 0.717) is 17.2 Å². The molecule has 1 aromatic rings. The zero-order chi connectivity index (χ0) is 20.4. The van der Waals surface area contributed by atoms with Crippen LogP contribution >= 0.6 is 11.6 Å². The molecule has 0 spiro atoms. The molecular formula is C19H26ClNO6. The SMILES string of the molecule is COc1ccc(C[C@@H]2[C@H](OC(C)=O)[C@@H](O)CN2C(=O)OC(C)(C)C)cc1Cl. The Morgan fingerprint density at radius 1 is 1.33 bits per heavy atom. The van der Waals surface area contributed by atoms with Crippen LogP contribution in [0, 0.1) is 0 Å². The fraction of sp³-hybridized carbons (Fsp3) is 0.579. The van der Waals surface area contributed by atoms with Gasteiger partial charge in [0.05, 0.1) is 24.7 Å². The van der Waals surface area contributed by atoms with Gasteiger partial charge in [0.25, 0.3) is 0 Å². The van der Waals surface area contributed by atoms with Crippen molar-refractivity contribution in [3.63, 3.8) is 0 Å². The van der Waals surface area contributed by atoms with Crippen molar-refractivity contribution >= 4 is 23.7 Å². The number of rotatable bonds is 4. The summed E-state index contributed by atoms with van der Waals surface area (Å²) in [5, 5.41) is 10.8. The highest BCUT2D eigenvalue weighted by Gasteiger charge is 2.46. The van der Waals surface area contributed by atoms with E-state index in [9.17, 15) is 14.7 Å². The summed E-state index contributed by atoms with van der Waals surface area (Å²) >= 11 is 6.19. The van der Waals surface area contributed by atoms with Gasteiger partial charge < -0.3 is 19.3 Å².